The van der Waals surface area contributed by atoms with Crippen LogP contribution in [0.4, 0.5) is 11.5 Å². The molecule has 1 fully saturated rings. The average molecular weight is 239 g/mol. The Morgan fingerprint density at radius 3 is 3.00 bits per heavy atom. The van der Waals surface area contributed by atoms with Crippen LogP contribution in [0.3, 0.4) is 0 Å². The molecule has 0 aliphatic carbocycles. The Hall–Kier alpha value is -1.63. The van der Waals surface area contributed by atoms with Gasteiger partial charge in [-0.3, -0.25) is 10.1 Å². The minimum atomic E-state index is -0.351. The van der Waals surface area contributed by atoms with Crippen LogP contribution in [-0.2, 0) is 13.5 Å². The summed E-state index contributed by atoms with van der Waals surface area (Å²) in [5.41, 5.74) is 0.646. The van der Waals surface area contributed by atoms with Crippen molar-refractivity contribution >= 4 is 11.5 Å². The summed E-state index contributed by atoms with van der Waals surface area (Å²) >= 11 is 0. The van der Waals surface area contributed by atoms with Gasteiger partial charge in [0.05, 0.1) is 4.92 Å². The zero-order valence-electron chi connectivity index (χ0n) is 10.1. The minimum absolute atomic E-state index is 0.113. The van der Waals surface area contributed by atoms with Gasteiger partial charge < -0.3 is 10.6 Å². The number of aromatic nitrogens is 2. The van der Waals surface area contributed by atoms with Gasteiger partial charge in [0, 0.05) is 19.6 Å². The van der Waals surface area contributed by atoms with Crippen molar-refractivity contribution in [3.05, 3.63) is 15.8 Å². The maximum absolute atomic E-state index is 11.1. The number of nitrogens with zero attached hydrogens (tertiary/aromatic N) is 3. The number of anilines is 1. The summed E-state index contributed by atoms with van der Waals surface area (Å²) < 4.78 is 1.56. The van der Waals surface area contributed by atoms with Crippen LogP contribution in [0.5, 0.6) is 0 Å². The molecule has 2 heterocycles. The van der Waals surface area contributed by atoms with Crippen molar-refractivity contribution in [1.82, 2.24) is 15.1 Å². The molecule has 1 aromatic rings. The van der Waals surface area contributed by atoms with Gasteiger partial charge in [-0.15, -0.1) is 0 Å². The van der Waals surface area contributed by atoms with E-state index in [-0.39, 0.29) is 16.7 Å². The van der Waals surface area contributed by atoms with E-state index >= 15 is 0 Å². The van der Waals surface area contributed by atoms with E-state index in [2.05, 4.69) is 15.7 Å². The zero-order chi connectivity index (χ0) is 12.4. The molecule has 17 heavy (non-hydrogen) atoms. The fourth-order valence-electron chi connectivity index (χ4n) is 2.13. The molecule has 7 nitrogen and oxygen atoms in total. The summed E-state index contributed by atoms with van der Waals surface area (Å²) in [7, 11) is 1.73. The molecule has 0 bridgehead atoms. The Morgan fingerprint density at radius 2 is 2.47 bits per heavy atom. The van der Waals surface area contributed by atoms with Gasteiger partial charge in [-0.25, -0.2) is 4.68 Å². The van der Waals surface area contributed by atoms with Gasteiger partial charge in [0.2, 0.25) is 5.82 Å². The van der Waals surface area contributed by atoms with E-state index in [1.807, 2.05) is 6.92 Å². The highest BCUT2D eigenvalue weighted by Gasteiger charge is 2.27. The molecular weight excluding hydrogens is 222 g/mol. The zero-order valence-corrected chi connectivity index (χ0v) is 10.1. The van der Waals surface area contributed by atoms with Crippen LogP contribution in [0, 0.1) is 10.1 Å². The fourth-order valence-corrected chi connectivity index (χ4v) is 2.13. The molecule has 0 radical (unpaired) electrons. The lowest BCUT2D eigenvalue weighted by molar-refractivity contribution is -0.384. The molecule has 0 spiro atoms. The lowest BCUT2D eigenvalue weighted by Crippen LogP contribution is -2.23. The second-order valence-electron chi connectivity index (χ2n) is 4.21. The predicted octanol–water partition coefficient (Wildman–Crippen LogP) is 0.665. The standard InChI is InChI=1S/C10H17N5O2/c1-3-8-9(15(16)17)10(14(2)13-8)12-7-4-5-11-6-7/h7,11-12H,3-6H2,1-2H3. The van der Waals surface area contributed by atoms with E-state index in [0.717, 1.165) is 19.5 Å². The Labute approximate surface area is 99.3 Å². The highest BCUT2D eigenvalue weighted by molar-refractivity contribution is 5.60. The smallest absolute Gasteiger partial charge is 0.333 e. The number of rotatable bonds is 4. The molecule has 0 amide bonds. The van der Waals surface area contributed by atoms with Gasteiger partial charge in [0.25, 0.3) is 0 Å². The molecule has 0 aromatic carbocycles. The minimum Gasteiger partial charge on any atom is -0.360 e. The first kappa shape index (κ1) is 11.8. The molecule has 1 aliphatic heterocycles. The number of aryl methyl sites for hydroxylation is 2. The van der Waals surface area contributed by atoms with E-state index < -0.39 is 0 Å². The largest absolute Gasteiger partial charge is 0.360 e. The second-order valence-corrected chi connectivity index (χ2v) is 4.21. The number of nitro groups is 1. The van der Waals surface area contributed by atoms with E-state index in [1.165, 1.54) is 0 Å². The lowest BCUT2D eigenvalue weighted by Gasteiger charge is -2.11. The summed E-state index contributed by atoms with van der Waals surface area (Å²) in [6.45, 7) is 3.66. The molecule has 2 N–H and O–H groups in total. The highest BCUT2D eigenvalue weighted by Crippen LogP contribution is 2.29. The topological polar surface area (TPSA) is 85.0 Å². The molecule has 2 rings (SSSR count). The maximum Gasteiger partial charge on any atom is 0.333 e. The van der Waals surface area contributed by atoms with Crippen LogP contribution in [0.2, 0.25) is 0 Å². The van der Waals surface area contributed by atoms with Crippen molar-refractivity contribution in [2.45, 2.75) is 25.8 Å². The predicted molar refractivity (Wildman–Crippen MR) is 64.1 cm³/mol. The molecule has 0 saturated carbocycles. The normalized spacial score (nSPS) is 19.5. The van der Waals surface area contributed by atoms with E-state index in [9.17, 15) is 10.1 Å². The van der Waals surface area contributed by atoms with Crippen LogP contribution < -0.4 is 10.6 Å². The van der Waals surface area contributed by atoms with Gasteiger partial charge in [-0.1, -0.05) is 6.92 Å². The summed E-state index contributed by atoms with van der Waals surface area (Å²) in [4.78, 5) is 10.7. The number of nitrogens with one attached hydrogen (secondary N) is 2. The maximum atomic E-state index is 11.1. The third kappa shape index (κ3) is 2.23. The summed E-state index contributed by atoms with van der Waals surface area (Å²) in [6, 6.07) is 0.244. The molecule has 1 atom stereocenters. The van der Waals surface area contributed by atoms with Crippen LogP contribution in [0.25, 0.3) is 0 Å². The van der Waals surface area contributed by atoms with Crippen molar-refractivity contribution in [2.24, 2.45) is 7.05 Å². The Kier molecular flexibility index (Phi) is 3.28. The SMILES string of the molecule is CCc1nn(C)c(NC2CCNC2)c1[N+](=O)[O-]. The highest BCUT2D eigenvalue weighted by atomic mass is 16.6. The molecule has 1 aromatic heterocycles. The number of hydrogen-bond donors (Lipinski definition) is 2. The van der Waals surface area contributed by atoms with Gasteiger partial charge >= 0.3 is 5.69 Å². The second kappa shape index (κ2) is 4.70. The Bertz CT molecular complexity index is 423. The molecule has 94 valence electrons. The third-order valence-corrected chi connectivity index (χ3v) is 3.01. The van der Waals surface area contributed by atoms with Crippen molar-refractivity contribution < 1.29 is 4.92 Å². The Balaban J connectivity index is 2.30. The van der Waals surface area contributed by atoms with Crippen LogP contribution in [0.1, 0.15) is 19.0 Å². The van der Waals surface area contributed by atoms with E-state index in [0.29, 0.717) is 17.9 Å². The van der Waals surface area contributed by atoms with Crippen LogP contribution >= 0.6 is 0 Å². The quantitative estimate of drug-likeness (QED) is 0.595. The van der Waals surface area contributed by atoms with Crippen LogP contribution in [0.15, 0.2) is 0 Å². The number of hydrogen-bond acceptors (Lipinski definition) is 5. The van der Waals surface area contributed by atoms with Crippen LogP contribution in [-0.4, -0.2) is 33.8 Å². The lowest BCUT2D eigenvalue weighted by atomic mass is 10.2. The van der Waals surface area contributed by atoms with Crippen molar-refractivity contribution in [1.29, 1.82) is 0 Å². The average Bonchev–Trinajstić information content (AvgIpc) is 2.88. The van der Waals surface area contributed by atoms with Gasteiger partial charge in [-0.2, -0.15) is 5.10 Å². The first-order chi connectivity index (χ1) is 8.13. The van der Waals surface area contributed by atoms with E-state index in [4.69, 9.17) is 0 Å². The van der Waals surface area contributed by atoms with Crippen molar-refractivity contribution in [3.63, 3.8) is 0 Å². The monoisotopic (exact) mass is 239 g/mol. The first-order valence-corrected chi connectivity index (χ1v) is 5.81. The third-order valence-electron chi connectivity index (χ3n) is 3.01. The van der Waals surface area contributed by atoms with Gasteiger partial charge in [-0.05, 0) is 19.4 Å². The fraction of sp³-hybridized carbons (Fsp3) is 0.700. The summed E-state index contributed by atoms with van der Waals surface area (Å²) in [6.07, 6.45) is 1.54. The van der Waals surface area contributed by atoms with Gasteiger partial charge in [0.1, 0.15) is 5.69 Å². The summed E-state index contributed by atoms with van der Waals surface area (Å²) in [5, 5.41) is 21.7. The molecule has 1 saturated heterocycles. The van der Waals surface area contributed by atoms with E-state index in [1.54, 1.807) is 11.7 Å². The first-order valence-electron chi connectivity index (χ1n) is 5.81. The van der Waals surface area contributed by atoms with Gasteiger partial charge in [0.15, 0.2) is 0 Å². The Morgan fingerprint density at radius 1 is 1.71 bits per heavy atom. The summed E-state index contributed by atoms with van der Waals surface area (Å²) in [5.74, 6) is 0.514. The molecule has 7 heteroatoms. The molecular formula is C10H17N5O2. The van der Waals surface area contributed by atoms with Crippen molar-refractivity contribution in [3.8, 4) is 0 Å². The molecule has 1 unspecified atom stereocenters. The molecule has 1 aliphatic rings. The van der Waals surface area contributed by atoms with Crippen molar-refractivity contribution in [2.75, 3.05) is 18.4 Å².